The zero-order valence-electron chi connectivity index (χ0n) is 12.5. The third kappa shape index (κ3) is 3.07. The van der Waals surface area contributed by atoms with E-state index < -0.39 is 0 Å². The van der Waals surface area contributed by atoms with Crippen LogP contribution in [0, 0.1) is 11.8 Å². The highest BCUT2D eigenvalue weighted by molar-refractivity contribution is 5.49. The van der Waals surface area contributed by atoms with Crippen LogP contribution < -0.4 is 4.90 Å². The molecule has 0 aromatic heterocycles. The Morgan fingerprint density at radius 2 is 1.44 bits per heavy atom. The van der Waals surface area contributed by atoms with Crippen LogP contribution in [0.2, 0.25) is 0 Å². The van der Waals surface area contributed by atoms with Crippen molar-refractivity contribution in [3.8, 4) is 0 Å². The normalized spacial score (nSPS) is 25.3. The van der Waals surface area contributed by atoms with Crippen molar-refractivity contribution >= 4 is 5.69 Å². The van der Waals surface area contributed by atoms with Crippen LogP contribution in [-0.2, 0) is 5.41 Å². The van der Waals surface area contributed by atoms with E-state index in [9.17, 15) is 0 Å². The smallest absolute Gasteiger partial charge is 0.0366 e. The second kappa shape index (κ2) is 4.95. The number of hydrogen-bond donors (Lipinski definition) is 0. The van der Waals surface area contributed by atoms with Crippen molar-refractivity contribution in [1.82, 2.24) is 0 Å². The molecule has 1 saturated heterocycles. The van der Waals surface area contributed by atoms with E-state index in [1.165, 1.54) is 30.8 Å². The van der Waals surface area contributed by atoms with Crippen LogP contribution in [0.5, 0.6) is 0 Å². The van der Waals surface area contributed by atoms with E-state index in [4.69, 9.17) is 0 Å². The van der Waals surface area contributed by atoms with Gasteiger partial charge < -0.3 is 4.90 Å². The van der Waals surface area contributed by atoms with Gasteiger partial charge in [-0.05, 0) is 41.4 Å². The number of benzene rings is 1. The quantitative estimate of drug-likeness (QED) is 0.706. The molecule has 100 valence electrons. The fourth-order valence-electron chi connectivity index (χ4n) is 3.05. The summed E-state index contributed by atoms with van der Waals surface area (Å²) >= 11 is 0. The highest BCUT2D eigenvalue weighted by atomic mass is 15.1. The van der Waals surface area contributed by atoms with E-state index in [0.717, 1.165) is 11.8 Å². The van der Waals surface area contributed by atoms with Gasteiger partial charge in [0.25, 0.3) is 0 Å². The van der Waals surface area contributed by atoms with Gasteiger partial charge >= 0.3 is 0 Å². The summed E-state index contributed by atoms with van der Waals surface area (Å²) in [6.07, 6.45) is 1.37. The molecule has 2 atom stereocenters. The SMILES string of the molecule is C[C@@H]1C[C@@H](C)CN(c2ccc(C(C)(C)C)cc2)C1. The first-order valence-electron chi connectivity index (χ1n) is 7.22. The van der Waals surface area contributed by atoms with E-state index in [2.05, 4.69) is 63.8 Å². The van der Waals surface area contributed by atoms with Gasteiger partial charge in [-0.15, -0.1) is 0 Å². The van der Waals surface area contributed by atoms with Gasteiger partial charge in [0.05, 0.1) is 0 Å². The largest absolute Gasteiger partial charge is 0.371 e. The van der Waals surface area contributed by atoms with Crippen molar-refractivity contribution in [2.24, 2.45) is 11.8 Å². The lowest BCUT2D eigenvalue weighted by Gasteiger charge is -2.37. The maximum absolute atomic E-state index is 2.55. The molecule has 1 aliphatic heterocycles. The number of nitrogens with zero attached hydrogens (tertiary/aromatic N) is 1. The van der Waals surface area contributed by atoms with Crippen LogP contribution in [-0.4, -0.2) is 13.1 Å². The van der Waals surface area contributed by atoms with Crippen molar-refractivity contribution in [2.45, 2.75) is 46.5 Å². The van der Waals surface area contributed by atoms with Crippen molar-refractivity contribution < 1.29 is 0 Å². The molecule has 0 amide bonds. The minimum absolute atomic E-state index is 0.251. The fraction of sp³-hybridized carbons (Fsp3) is 0.647. The summed E-state index contributed by atoms with van der Waals surface area (Å²) in [6.45, 7) is 14.0. The molecule has 2 rings (SSSR count). The molecule has 0 N–H and O–H groups in total. The summed E-state index contributed by atoms with van der Waals surface area (Å²) in [5.74, 6) is 1.63. The molecule has 0 saturated carbocycles. The Bertz CT molecular complexity index is 375. The molecule has 1 nitrogen and oxygen atoms in total. The van der Waals surface area contributed by atoms with Crippen LogP contribution >= 0.6 is 0 Å². The van der Waals surface area contributed by atoms with Crippen LogP contribution in [0.4, 0.5) is 5.69 Å². The van der Waals surface area contributed by atoms with Crippen LogP contribution in [0.1, 0.15) is 46.6 Å². The first-order chi connectivity index (χ1) is 8.36. The van der Waals surface area contributed by atoms with E-state index in [0.29, 0.717) is 0 Å². The molecule has 0 radical (unpaired) electrons. The summed E-state index contributed by atoms with van der Waals surface area (Å²) in [5.41, 5.74) is 3.06. The molecule has 1 heteroatoms. The Morgan fingerprint density at radius 1 is 0.944 bits per heavy atom. The second-order valence-corrected chi connectivity index (χ2v) is 7.15. The van der Waals surface area contributed by atoms with Crippen LogP contribution in [0.25, 0.3) is 0 Å². The third-order valence-electron chi connectivity index (χ3n) is 3.97. The molecular formula is C17H27N. The molecule has 1 fully saturated rings. The Kier molecular flexibility index (Phi) is 3.70. The van der Waals surface area contributed by atoms with Gasteiger partial charge in [-0.1, -0.05) is 46.8 Å². The van der Waals surface area contributed by atoms with Gasteiger partial charge in [-0.3, -0.25) is 0 Å². The van der Waals surface area contributed by atoms with Crippen molar-refractivity contribution in [3.63, 3.8) is 0 Å². The lowest BCUT2D eigenvalue weighted by molar-refractivity contribution is 0.357. The van der Waals surface area contributed by atoms with Gasteiger partial charge in [0.2, 0.25) is 0 Å². The minimum Gasteiger partial charge on any atom is -0.371 e. The fourth-order valence-corrected chi connectivity index (χ4v) is 3.05. The third-order valence-corrected chi connectivity index (χ3v) is 3.97. The van der Waals surface area contributed by atoms with Crippen molar-refractivity contribution in [1.29, 1.82) is 0 Å². The highest BCUT2D eigenvalue weighted by Crippen LogP contribution is 2.29. The molecule has 1 aromatic rings. The maximum atomic E-state index is 2.55. The Hall–Kier alpha value is -0.980. The molecule has 18 heavy (non-hydrogen) atoms. The van der Waals surface area contributed by atoms with Gasteiger partial charge in [0, 0.05) is 18.8 Å². The first kappa shape index (κ1) is 13.5. The predicted molar refractivity (Wildman–Crippen MR) is 80.3 cm³/mol. The van der Waals surface area contributed by atoms with Crippen molar-refractivity contribution in [3.05, 3.63) is 29.8 Å². The minimum atomic E-state index is 0.251. The molecule has 1 aromatic carbocycles. The summed E-state index contributed by atoms with van der Waals surface area (Å²) < 4.78 is 0. The van der Waals surface area contributed by atoms with E-state index in [1.807, 2.05) is 0 Å². The zero-order chi connectivity index (χ0) is 13.3. The lowest BCUT2D eigenvalue weighted by Crippen LogP contribution is -2.38. The maximum Gasteiger partial charge on any atom is 0.0366 e. The first-order valence-corrected chi connectivity index (χ1v) is 7.22. The monoisotopic (exact) mass is 245 g/mol. The van der Waals surface area contributed by atoms with Gasteiger partial charge in [0.15, 0.2) is 0 Å². The lowest BCUT2D eigenvalue weighted by atomic mass is 9.86. The summed E-state index contributed by atoms with van der Waals surface area (Å²) in [7, 11) is 0. The van der Waals surface area contributed by atoms with Gasteiger partial charge in [0.1, 0.15) is 0 Å². The van der Waals surface area contributed by atoms with Crippen LogP contribution in [0.15, 0.2) is 24.3 Å². The molecule has 0 bridgehead atoms. The van der Waals surface area contributed by atoms with E-state index >= 15 is 0 Å². The second-order valence-electron chi connectivity index (χ2n) is 7.15. The summed E-state index contributed by atoms with van der Waals surface area (Å²) in [5, 5.41) is 0. The predicted octanol–water partition coefficient (Wildman–Crippen LogP) is 4.47. The van der Waals surface area contributed by atoms with Gasteiger partial charge in [-0.25, -0.2) is 0 Å². The topological polar surface area (TPSA) is 3.24 Å². The van der Waals surface area contributed by atoms with E-state index in [-0.39, 0.29) is 5.41 Å². The average Bonchev–Trinajstić information content (AvgIpc) is 2.27. The average molecular weight is 245 g/mol. The summed E-state index contributed by atoms with van der Waals surface area (Å²) in [4.78, 5) is 2.55. The summed E-state index contributed by atoms with van der Waals surface area (Å²) in [6, 6.07) is 9.18. The van der Waals surface area contributed by atoms with Crippen molar-refractivity contribution in [2.75, 3.05) is 18.0 Å². The molecule has 0 aliphatic carbocycles. The zero-order valence-corrected chi connectivity index (χ0v) is 12.5. The number of hydrogen-bond acceptors (Lipinski definition) is 1. The van der Waals surface area contributed by atoms with Gasteiger partial charge in [-0.2, -0.15) is 0 Å². The molecule has 0 unspecified atom stereocenters. The van der Waals surface area contributed by atoms with E-state index in [1.54, 1.807) is 0 Å². The number of anilines is 1. The van der Waals surface area contributed by atoms with Crippen LogP contribution in [0.3, 0.4) is 0 Å². The Morgan fingerprint density at radius 3 is 1.89 bits per heavy atom. The Labute approximate surface area is 112 Å². The molecule has 1 aliphatic rings. The Balaban J connectivity index is 2.14. The highest BCUT2D eigenvalue weighted by Gasteiger charge is 2.22. The molecule has 1 heterocycles. The number of rotatable bonds is 1. The molecule has 0 spiro atoms. The number of piperidine rings is 1. The standard InChI is InChI=1S/C17H27N/c1-13-10-14(2)12-18(11-13)16-8-6-15(7-9-16)17(3,4)5/h6-9,13-14H,10-12H2,1-5H3/t13-,14-/m1/s1. The molecular weight excluding hydrogens is 218 g/mol.